The zero-order valence-corrected chi connectivity index (χ0v) is 11.4. The molecule has 0 spiro atoms. The zero-order chi connectivity index (χ0) is 14.5. The predicted molar refractivity (Wildman–Crippen MR) is 76.0 cm³/mol. The second-order valence-electron chi connectivity index (χ2n) is 4.27. The fourth-order valence-corrected chi connectivity index (χ4v) is 2.05. The van der Waals surface area contributed by atoms with E-state index in [-0.39, 0.29) is 0 Å². The first kappa shape index (κ1) is 14.1. The molecule has 0 saturated heterocycles. The van der Waals surface area contributed by atoms with Crippen LogP contribution in [0.15, 0.2) is 42.5 Å². The second kappa shape index (κ2) is 6.21. The maximum atomic E-state index is 10.8. The van der Waals surface area contributed by atoms with Crippen molar-refractivity contribution in [2.45, 2.75) is 6.10 Å². The highest BCUT2D eigenvalue weighted by molar-refractivity contribution is 5.75. The van der Waals surface area contributed by atoms with Crippen molar-refractivity contribution >= 4 is 6.29 Å². The minimum atomic E-state index is -1.15. The molecule has 0 aliphatic rings. The third kappa shape index (κ3) is 2.81. The first-order valence-electron chi connectivity index (χ1n) is 6.15. The fraction of sp³-hybridized carbons (Fsp3) is 0.188. The molecule has 2 rings (SSSR count). The van der Waals surface area contributed by atoms with Gasteiger partial charge < -0.3 is 19.4 Å². The van der Waals surface area contributed by atoms with Gasteiger partial charge in [-0.05, 0) is 28.8 Å². The van der Waals surface area contributed by atoms with Gasteiger partial charge in [-0.25, -0.2) is 0 Å². The van der Waals surface area contributed by atoms with E-state index in [0.29, 0.717) is 23.3 Å². The van der Waals surface area contributed by atoms with E-state index in [2.05, 4.69) is 0 Å². The van der Waals surface area contributed by atoms with Gasteiger partial charge in [0.1, 0.15) is 17.6 Å². The van der Waals surface area contributed by atoms with Crippen LogP contribution in [-0.4, -0.2) is 25.6 Å². The van der Waals surface area contributed by atoms with Crippen molar-refractivity contribution in [3.05, 3.63) is 48.0 Å². The van der Waals surface area contributed by atoms with Gasteiger partial charge in [0.2, 0.25) is 0 Å². The van der Waals surface area contributed by atoms with Gasteiger partial charge in [-0.3, -0.25) is 0 Å². The molecular formula is C16H16O4. The molecular weight excluding hydrogens is 256 g/mol. The smallest absolute Gasteiger partial charge is 0.153 e. The van der Waals surface area contributed by atoms with E-state index in [4.69, 9.17) is 9.47 Å². The summed E-state index contributed by atoms with van der Waals surface area (Å²) in [4.78, 5) is 10.8. The van der Waals surface area contributed by atoms with Crippen LogP contribution < -0.4 is 9.47 Å². The molecule has 104 valence electrons. The van der Waals surface area contributed by atoms with E-state index in [1.54, 1.807) is 32.4 Å². The standard InChI is InChI=1S/C16H16O4/c1-19-12-7-11(8-13(9-12)20-2)14-5-3-4-6-15(14)16(18)10-17/h3-10,16,18H,1-2H3. The molecule has 2 aromatic carbocycles. The Kier molecular flexibility index (Phi) is 4.38. The van der Waals surface area contributed by atoms with Crippen LogP contribution in [0.25, 0.3) is 11.1 Å². The Morgan fingerprint density at radius 3 is 2.20 bits per heavy atom. The van der Waals surface area contributed by atoms with Crippen molar-refractivity contribution < 1.29 is 19.4 Å². The summed E-state index contributed by atoms with van der Waals surface area (Å²) in [6, 6.07) is 12.6. The van der Waals surface area contributed by atoms with Crippen molar-refractivity contribution in [2.24, 2.45) is 0 Å². The normalized spacial score (nSPS) is 11.8. The number of benzene rings is 2. The number of methoxy groups -OCH3 is 2. The van der Waals surface area contributed by atoms with Gasteiger partial charge in [-0.15, -0.1) is 0 Å². The number of aliphatic hydroxyl groups excluding tert-OH is 1. The molecule has 1 N–H and O–H groups in total. The molecule has 0 amide bonds. The van der Waals surface area contributed by atoms with Crippen LogP contribution in [0.2, 0.25) is 0 Å². The largest absolute Gasteiger partial charge is 0.497 e. The highest BCUT2D eigenvalue weighted by atomic mass is 16.5. The Bertz CT molecular complexity index is 585. The van der Waals surface area contributed by atoms with Gasteiger partial charge >= 0.3 is 0 Å². The summed E-state index contributed by atoms with van der Waals surface area (Å²) in [5.41, 5.74) is 2.14. The number of rotatable bonds is 5. The van der Waals surface area contributed by atoms with Crippen LogP contribution in [0.4, 0.5) is 0 Å². The van der Waals surface area contributed by atoms with Gasteiger partial charge in [-0.2, -0.15) is 0 Å². The lowest BCUT2D eigenvalue weighted by atomic mass is 9.96. The Balaban J connectivity index is 2.59. The SMILES string of the molecule is COc1cc(OC)cc(-c2ccccc2C(O)C=O)c1. The number of hydrogen-bond donors (Lipinski definition) is 1. The highest BCUT2D eigenvalue weighted by Gasteiger charge is 2.13. The molecule has 2 aromatic rings. The maximum absolute atomic E-state index is 10.8. The number of carbonyl (C=O) groups is 1. The van der Waals surface area contributed by atoms with Crippen molar-refractivity contribution in [1.82, 2.24) is 0 Å². The maximum Gasteiger partial charge on any atom is 0.153 e. The third-order valence-corrected chi connectivity index (χ3v) is 3.07. The van der Waals surface area contributed by atoms with E-state index in [1.807, 2.05) is 24.3 Å². The highest BCUT2D eigenvalue weighted by Crippen LogP contribution is 2.33. The predicted octanol–water partition coefficient (Wildman–Crippen LogP) is 2.60. The molecule has 0 bridgehead atoms. The topological polar surface area (TPSA) is 55.8 Å². The van der Waals surface area contributed by atoms with E-state index < -0.39 is 6.10 Å². The Morgan fingerprint density at radius 2 is 1.65 bits per heavy atom. The Labute approximate surface area is 117 Å². The molecule has 0 aliphatic heterocycles. The second-order valence-corrected chi connectivity index (χ2v) is 4.27. The summed E-state index contributed by atoms with van der Waals surface area (Å²) in [7, 11) is 3.15. The molecule has 0 saturated carbocycles. The van der Waals surface area contributed by atoms with E-state index in [0.717, 1.165) is 11.1 Å². The minimum absolute atomic E-state index is 0.510. The van der Waals surface area contributed by atoms with Gasteiger partial charge in [-0.1, -0.05) is 24.3 Å². The lowest BCUT2D eigenvalue weighted by Crippen LogP contribution is -2.01. The summed E-state index contributed by atoms with van der Waals surface area (Å²) < 4.78 is 10.5. The molecule has 0 aliphatic carbocycles. The summed E-state index contributed by atoms with van der Waals surface area (Å²) in [5.74, 6) is 1.30. The molecule has 0 aromatic heterocycles. The van der Waals surface area contributed by atoms with E-state index >= 15 is 0 Å². The first-order chi connectivity index (χ1) is 9.69. The van der Waals surface area contributed by atoms with Crippen molar-refractivity contribution in [1.29, 1.82) is 0 Å². The molecule has 0 heterocycles. The van der Waals surface area contributed by atoms with Gasteiger partial charge in [0.15, 0.2) is 6.29 Å². The van der Waals surface area contributed by atoms with Gasteiger partial charge in [0.05, 0.1) is 14.2 Å². The van der Waals surface area contributed by atoms with Gasteiger partial charge in [0, 0.05) is 6.07 Å². The average Bonchev–Trinajstić information content (AvgIpc) is 2.53. The van der Waals surface area contributed by atoms with Crippen LogP contribution in [0.5, 0.6) is 11.5 Å². The lowest BCUT2D eigenvalue weighted by molar-refractivity contribution is -0.115. The van der Waals surface area contributed by atoms with E-state index in [9.17, 15) is 9.90 Å². The Morgan fingerprint density at radius 1 is 1.05 bits per heavy atom. The van der Waals surface area contributed by atoms with Crippen molar-refractivity contribution in [3.8, 4) is 22.6 Å². The average molecular weight is 272 g/mol. The number of hydrogen-bond acceptors (Lipinski definition) is 4. The molecule has 1 atom stereocenters. The summed E-state index contributed by atoms with van der Waals surface area (Å²) in [5, 5.41) is 9.79. The third-order valence-electron chi connectivity index (χ3n) is 3.07. The molecule has 20 heavy (non-hydrogen) atoms. The monoisotopic (exact) mass is 272 g/mol. The minimum Gasteiger partial charge on any atom is -0.497 e. The molecule has 4 heteroatoms. The van der Waals surface area contributed by atoms with Crippen LogP contribution in [0.1, 0.15) is 11.7 Å². The molecule has 1 unspecified atom stereocenters. The Hall–Kier alpha value is -2.33. The number of aldehydes is 1. The first-order valence-corrected chi connectivity index (χ1v) is 6.15. The van der Waals surface area contributed by atoms with E-state index in [1.165, 1.54) is 0 Å². The number of aliphatic hydroxyl groups is 1. The summed E-state index contributed by atoms with van der Waals surface area (Å²) in [6.07, 6.45) is -0.639. The number of ether oxygens (including phenoxy) is 2. The van der Waals surface area contributed by atoms with Crippen LogP contribution in [-0.2, 0) is 4.79 Å². The number of carbonyl (C=O) groups excluding carboxylic acids is 1. The zero-order valence-electron chi connectivity index (χ0n) is 11.4. The van der Waals surface area contributed by atoms with Crippen LogP contribution in [0, 0.1) is 0 Å². The lowest BCUT2D eigenvalue weighted by Gasteiger charge is -2.13. The fourth-order valence-electron chi connectivity index (χ4n) is 2.05. The van der Waals surface area contributed by atoms with Crippen molar-refractivity contribution in [3.63, 3.8) is 0 Å². The summed E-state index contributed by atoms with van der Waals surface area (Å²) in [6.45, 7) is 0. The summed E-state index contributed by atoms with van der Waals surface area (Å²) >= 11 is 0. The quantitative estimate of drug-likeness (QED) is 0.850. The van der Waals surface area contributed by atoms with Crippen LogP contribution >= 0.6 is 0 Å². The molecule has 4 nitrogen and oxygen atoms in total. The molecule has 0 fully saturated rings. The molecule has 0 radical (unpaired) electrons. The van der Waals surface area contributed by atoms with Gasteiger partial charge in [0.25, 0.3) is 0 Å². The van der Waals surface area contributed by atoms with Crippen LogP contribution in [0.3, 0.4) is 0 Å². The van der Waals surface area contributed by atoms with Crippen molar-refractivity contribution in [2.75, 3.05) is 14.2 Å².